The smallest absolute Gasteiger partial charge is 0.331 e. The molecule has 0 aliphatic rings. The fourth-order valence-corrected chi connectivity index (χ4v) is 3.87. The fraction of sp³-hybridized carbons (Fsp3) is 0.421. The number of carboxylic acids is 1. The summed E-state index contributed by atoms with van der Waals surface area (Å²) in [5, 5.41) is 18.8. The number of alkyl halides is 1. The second-order valence-electron chi connectivity index (χ2n) is 6.61. The molecule has 0 bridgehead atoms. The Morgan fingerprint density at radius 3 is 2.59 bits per heavy atom. The summed E-state index contributed by atoms with van der Waals surface area (Å²) < 4.78 is 22.2. The molecule has 0 radical (unpaired) electrons. The number of hydrogen-bond donors (Lipinski definition) is 1. The summed E-state index contributed by atoms with van der Waals surface area (Å²) in [7, 11) is -1.58. The molecule has 27 heavy (non-hydrogen) atoms. The van der Waals surface area contributed by atoms with Crippen molar-refractivity contribution in [2.24, 2.45) is 0 Å². The summed E-state index contributed by atoms with van der Waals surface area (Å²) in [6, 6.07) is 7.23. The molecule has 144 valence electrons. The van der Waals surface area contributed by atoms with E-state index < -0.39 is 33.3 Å². The Morgan fingerprint density at radius 1 is 1.41 bits per heavy atom. The summed E-state index contributed by atoms with van der Waals surface area (Å²) in [6.45, 7) is 5.79. The van der Waals surface area contributed by atoms with Crippen LogP contribution in [0.5, 0.6) is 0 Å². The number of carbonyl (C=O) groups is 1. The quantitative estimate of drug-likeness (QED) is 0.662. The van der Waals surface area contributed by atoms with Gasteiger partial charge in [0.05, 0.1) is 29.9 Å². The Bertz CT molecular complexity index is 801. The second kappa shape index (κ2) is 9.44. The molecule has 0 saturated heterocycles. The lowest BCUT2D eigenvalue weighted by Crippen LogP contribution is -2.28. The van der Waals surface area contributed by atoms with Gasteiger partial charge in [0.1, 0.15) is 12.3 Å². The molecule has 2 rings (SSSR count). The van der Waals surface area contributed by atoms with Crippen LogP contribution in [0, 0.1) is 11.3 Å². The van der Waals surface area contributed by atoms with Gasteiger partial charge in [0.25, 0.3) is 0 Å². The number of aliphatic carboxylic acids is 1. The van der Waals surface area contributed by atoms with Crippen molar-refractivity contribution in [3.8, 4) is 6.07 Å². The van der Waals surface area contributed by atoms with Gasteiger partial charge in [-0.05, 0) is 37.2 Å². The average Bonchev–Trinajstić information content (AvgIpc) is 3.09. The van der Waals surface area contributed by atoms with E-state index in [1.165, 1.54) is 17.1 Å². The van der Waals surface area contributed by atoms with Crippen LogP contribution in [0.3, 0.4) is 0 Å². The predicted octanol–water partition coefficient (Wildman–Crippen LogP) is 3.61. The van der Waals surface area contributed by atoms with E-state index in [1.807, 2.05) is 26.1 Å². The summed E-state index contributed by atoms with van der Waals surface area (Å²) in [4.78, 5) is 16.1. The fourth-order valence-electron chi connectivity index (χ4n) is 2.97. The van der Waals surface area contributed by atoms with Gasteiger partial charge in [0, 0.05) is 0 Å². The van der Waals surface area contributed by atoms with Crippen LogP contribution in [0.15, 0.2) is 36.8 Å². The molecule has 1 N–H and O–H groups in total. The number of benzene rings is 1. The van der Waals surface area contributed by atoms with Crippen LogP contribution < -0.4 is 0 Å². The number of halogens is 1. The first-order valence-electron chi connectivity index (χ1n) is 8.93. The molecule has 0 amide bonds. The van der Waals surface area contributed by atoms with Crippen LogP contribution in [-0.4, -0.2) is 35.8 Å². The lowest BCUT2D eigenvalue weighted by molar-refractivity contribution is -0.139. The Morgan fingerprint density at radius 2 is 2.07 bits per heavy atom. The first kappa shape index (κ1) is 20.8. The molecule has 3 unspecified atom stereocenters. The summed E-state index contributed by atoms with van der Waals surface area (Å²) in [6.07, 6.45) is 1.76. The highest BCUT2D eigenvalue weighted by molar-refractivity contribution is 6.48. The highest BCUT2D eigenvalue weighted by atomic mass is 28.3. The number of hydrogen-bond acceptors (Lipinski definition) is 4. The van der Waals surface area contributed by atoms with Crippen molar-refractivity contribution in [3.63, 3.8) is 0 Å². The molecular formula is C19H24FN3O3Si. The van der Waals surface area contributed by atoms with Gasteiger partial charge >= 0.3 is 5.97 Å². The first-order chi connectivity index (χ1) is 12.9. The maximum absolute atomic E-state index is 14.8. The van der Waals surface area contributed by atoms with Crippen LogP contribution >= 0.6 is 0 Å². The van der Waals surface area contributed by atoms with Crippen LogP contribution in [0.4, 0.5) is 4.39 Å². The Kier molecular flexibility index (Phi) is 7.27. The molecule has 0 spiro atoms. The van der Waals surface area contributed by atoms with Gasteiger partial charge in [-0.1, -0.05) is 25.5 Å². The molecule has 3 atom stereocenters. The Hall–Kier alpha value is -2.50. The molecule has 0 aliphatic heterocycles. The van der Waals surface area contributed by atoms with Gasteiger partial charge in [-0.3, -0.25) is 0 Å². The first-order valence-corrected chi connectivity index (χ1v) is 11.7. The largest absolute Gasteiger partial charge is 0.479 e. The Labute approximate surface area is 160 Å². The highest BCUT2D eigenvalue weighted by Crippen LogP contribution is 2.31. The molecule has 8 heteroatoms. The molecule has 0 saturated carbocycles. The number of carboxylic acid groups (broad SMARTS) is 1. The SMILES string of the molecule is CCCC(F)C(O[SiH](C)C)c1cncn1C(C(=O)O)c1ccc(C#N)cc1. The van der Waals surface area contributed by atoms with Gasteiger partial charge in [-0.25, -0.2) is 14.2 Å². The number of imidazole rings is 1. The van der Waals surface area contributed by atoms with Crippen molar-refractivity contribution in [2.45, 2.75) is 51.2 Å². The average molecular weight is 390 g/mol. The molecule has 0 aliphatic carbocycles. The van der Waals surface area contributed by atoms with Crippen molar-refractivity contribution in [2.75, 3.05) is 0 Å². The third-order valence-electron chi connectivity index (χ3n) is 4.17. The third-order valence-corrected chi connectivity index (χ3v) is 5.00. The highest BCUT2D eigenvalue weighted by Gasteiger charge is 2.32. The van der Waals surface area contributed by atoms with Crippen molar-refractivity contribution in [1.82, 2.24) is 9.55 Å². The molecule has 2 aromatic rings. The minimum absolute atomic E-state index is 0.325. The molecule has 6 nitrogen and oxygen atoms in total. The number of nitriles is 1. The maximum atomic E-state index is 14.8. The van der Waals surface area contributed by atoms with Gasteiger partial charge < -0.3 is 14.1 Å². The van der Waals surface area contributed by atoms with E-state index in [2.05, 4.69) is 4.98 Å². The standard InChI is InChI=1S/C19H24FN3O3Si/c1-4-5-15(20)18(26-27(2)3)16-11-22-12-23(16)17(19(24)25)14-8-6-13(10-21)7-9-14/h6-9,11-12,15,17-18,27H,4-5H2,1-3H3,(H,24,25). The van der Waals surface area contributed by atoms with E-state index in [9.17, 15) is 14.3 Å². The zero-order valence-corrected chi connectivity index (χ0v) is 16.8. The maximum Gasteiger partial charge on any atom is 0.331 e. The van der Waals surface area contributed by atoms with Crippen LogP contribution in [0.25, 0.3) is 0 Å². The van der Waals surface area contributed by atoms with Crippen LogP contribution in [0.1, 0.15) is 48.7 Å². The van der Waals surface area contributed by atoms with E-state index in [0.717, 1.165) is 0 Å². The molecular weight excluding hydrogens is 365 g/mol. The molecule has 0 fully saturated rings. The van der Waals surface area contributed by atoms with Gasteiger partial charge in [-0.15, -0.1) is 0 Å². The lowest BCUT2D eigenvalue weighted by atomic mass is 10.0. The number of rotatable bonds is 9. The number of nitrogens with zero attached hydrogens (tertiary/aromatic N) is 3. The van der Waals surface area contributed by atoms with E-state index in [-0.39, 0.29) is 0 Å². The monoisotopic (exact) mass is 389 g/mol. The van der Waals surface area contributed by atoms with Crippen LogP contribution in [0.2, 0.25) is 13.1 Å². The van der Waals surface area contributed by atoms with Crippen molar-refractivity contribution >= 4 is 15.0 Å². The zero-order valence-electron chi connectivity index (χ0n) is 15.7. The summed E-state index contributed by atoms with van der Waals surface area (Å²) in [5.41, 5.74) is 1.33. The Balaban J connectivity index is 2.48. The topological polar surface area (TPSA) is 88.1 Å². The predicted molar refractivity (Wildman–Crippen MR) is 102 cm³/mol. The third kappa shape index (κ3) is 5.02. The minimum atomic E-state index is -1.58. The van der Waals surface area contributed by atoms with Gasteiger partial charge in [0.2, 0.25) is 0 Å². The molecule has 1 heterocycles. The number of aromatic nitrogens is 2. The van der Waals surface area contributed by atoms with E-state index in [4.69, 9.17) is 9.69 Å². The van der Waals surface area contributed by atoms with Crippen LogP contribution in [-0.2, 0) is 9.22 Å². The summed E-state index contributed by atoms with van der Waals surface area (Å²) in [5.74, 6) is -1.09. The van der Waals surface area contributed by atoms with Gasteiger partial charge in [0.15, 0.2) is 15.1 Å². The summed E-state index contributed by atoms with van der Waals surface area (Å²) >= 11 is 0. The van der Waals surface area contributed by atoms with Crippen molar-refractivity contribution < 1.29 is 18.7 Å². The lowest BCUT2D eigenvalue weighted by Gasteiger charge is -2.27. The zero-order chi connectivity index (χ0) is 20.0. The molecule has 1 aromatic carbocycles. The van der Waals surface area contributed by atoms with Gasteiger partial charge in [-0.2, -0.15) is 5.26 Å². The normalized spacial score (nSPS) is 14.5. The second-order valence-corrected chi connectivity index (χ2v) is 8.98. The van der Waals surface area contributed by atoms with Crippen molar-refractivity contribution in [3.05, 3.63) is 53.6 Å². The van der Waals surface area contributed by atoms with E-state index in [0.29, 0.717) is 29.7 Å². The molecule has 1 aromatic heterocycles. The van der Waals surface area contributed by atoms with Crippen molar-refractivity contribution in [1.29, 1.82) is 5.26 Å². The van der Waals surface area contributed by atoms with E-state index >= 15 is 0 Å². The minimum Gasteiger partial charge on any atom is -0.479 e. The van der Waals surface area contributed by atoms with E-state index in [1.54, 1.807) is 24.3 Å².